The monoisotopic (exact) mass is 618 g/mol. The van der Waals surface area contributed by atoms with Crippen LogP contribution in [0.5, 0.6) is 5.75 Å². The van der Waals surface area contributed by atoms with E-state index in [4.69, 9.17) is 14.2 Å². The fourth-order valence-electron chi connectivity index (χ4n) is 5.65. The first-order valence-corrected chi connectivity index (χ1v) is 15.8. The summed E-state index contributed by atoms with van der Waals surface area (Å²) in [5, 5.41) is 8.42. The molecule has 2 unspecified atom stereocenters. The number of amides is 2. The largest absolute Gasteiger partial charge is 0.484 e. The van der Waals surface area contributed by atoms with Gasteiger partial charge in [0.05, 0.1) is 30.5 Å². The van der Waals surface area contributed by atoms with E-state index in [0.29, 0.717) is 36.6 Å². The van der Waals surface area contributed by atoms with Crippen molar-refractivity contribution in [3.63, 3.8) is 0 Å². The fraction of sp³-hybridized carbons (Fsp3) is 0.438. The molecule has 2 aliphatic heterocycles. The summed E-state index contributed by atoms with van der Waals surface area (Å²) < 4.78 is 20.9. The van der Waals surface area contributed by atoms with Gasteiger partial charge in [0.25, 0.3) is 5.91 Å². The number of cyclic esters (lactones) is 1. The van der Waals surface area contributed by atoms with E-state index in [9.17, 15) is 19.2 Å². The molecule has 2 saturated heterocycles. The topological polar surface area (TPSA) is 137 Å². The zero-order valence-electron chi connectivity index (χ0n) is 24.3. The third-order valence-electron chi connectivity index (χ3n) is 8.24. The minimum atomic E-state index is -0.511. The van der Waals surface area contributed by atoms with Gasteiger partial charge in [-0.25, -0.2) is 4.79 Å². The van der Waals surface area contributed by atoms with Gasteiger partial charge in [-0.05, 0) is 85.4 Å². The lowest BCUT2D eigenvalue weighted by Crippen LogP contribution is -2.46. The molecule has 230 valence electrons. The zero-order chi connectivity index (χ0) is 30.6. The van der Waals surface area contributed by atoms with Crippen molar-refractivity contribution >= 4 is 35.3 Å². The number of benzene rings is 2. The van der Waals surface area contributed by atoms with Crippen molar-refractivity contribution in [2.75, 3.05) is 19.7 Å². The average molecular weight is 619 g/mol. The number of nitrogens with one attached hydrogen (secondary N) is 1. The highest BCUT2D eigenvalue weighted by atomic mass is 32.1. The van der Waals surface area contributed by atoms with Gasteiger partial charge in [0.2, 0.25) is 5.91 Å². The molecule has 1 aliphatic carbocycles. The molecular weight excluding hydrogens is 584 g/mol. The van der Waals surface area contributed by atoms with Crippen molar-refractivity contribution in [3.05, 3.63) is 76.3 Å². The maximum atomic E-state index is 13.0. The lowest BCUT2D eigenvalue weighted by atomic mass is 10.00. The van der Waals surface area contributed by atoms with Gasteiger partial charge in [-0.1, -0.05) is 28.8 Å². The normalized spacial score (nSPS) is 21.2. The van der Waals surface area contributed by atoms with Crippen molar-refractivity contribution < 1.29 is 33.4 Å². The highest BCUT2D eigenvalue weighted by Crippen LogP contribution is 2.40. The third-order valence-corrected chi connectivity index (χ3v) is 8.75. The van der Waals surface area contributed by atoms with Gasteiger partial charge in [0, 0.05) is 11.9 Å². The standard InChI is InChI=1S/C32H34N4O7S/c1-19(33-30(38)27-18-44-35-34-27)29(22-8-6-21(7-9-22)20-4-5-20)42-25-12-10-23(11-13-25)32(40)43-26-3-2-14-36(16-26)31(39)24-15-28(37)41-17-24/h6-13,18-20,24,26,29H,2-5,14-17H2,1H3,(H,33,38)/t19?,24-,26+,29?/m1/s1. The van der Waals surface area contributed by atoms with Gasteiger partial charge in [-0.2, -0.15) is 0 Å². The summed E-state index contributed by atoms with van der Waals surface area (Å²) in [6, 6.07) is 14.6. The second-order valence-electron chi connectivity index (χ2n) is 11.6. The van der Waals surface area contributed by atoms with Crippen LogP contribution in [0.4, 0.5) is 0 Å². The molecule has 2 aromatic carbocycles. The average Bonchev–Trinajstić information content (AvgIpc) is 3.55. The number of rotatable bonds is 10. The zero-order valence-corrected chi connectivity index (χ0v) is 25.2. The predicted molar refractivity (Wildman–Crippen MR) is 159 cm³/mol. The Morgan fingerprint density at radius 3 is 2.50 bits per heavy atom. The summed E-state index contributed by atoms with van der Waals surface area (Å²) in [5.41, 5.74) is 2.82. The Balaban J connectivity index is 1.09. The fourth-order valence-corrected chi connectivity index (χ4v) is 6.09. The Hall–Kier alpha value is -4.32. The van der Waals surface area contributed by atoms with E-state index in [1.165, 1.54) is 18.4 Å². The molecule has 11 nitrogen and oxygen atoms in total. The van der Waals surface area contributed by atoms with E-state index < -0.39 is 30.1 Å². The lowest BCUT2D eigenvalue weighted by molar-refractivity contribution is -0.139. The Labute approximate surface area is 259 Å². The number of esters is 2. The van der Waals surface area contributed by atoms with Crippen molar-refractivity contribution in [3.8, 4) is 5.75 Å². The van der Waals surface area contributed by atoms with Crippen LogP contribution in [-0.4, -0.2) is 70.1 Å². The van der Waals surface area contributed by atoms with Gasteiger partial charge in [0.1, 0.15) is 24.6 Å². The Bertz CT molecular complexity index is 1490. The molecule has 3 heterocycles. The molecule has 4 atom stereocenters. The Morgan fingerprint density at radius 2 is 1.84 bits per heavy atom. The van der Waals surface area contributed by atoms with Crippen LogP contribution in [0.2, 0.25) is 0 Å². The van der Waals surface area contributed by atoms with Gasteiger partial charge in [-0.3, -0.25) is 14.4 Å². The van der Waals surface area contributed by atoms with Crippen LogP contribution in [-0.2, 0) is 19.1 Å². The molecule has 3 aliphatic rings. The molecule has 3 fully saturated rings. The molecule has 0 bridgehead atoms. The maximum absolute atomic E-state index is 13.0. The van der Waals surface area contributed by atoms with Crippen molar-refractivity contribution in [1.29, 1.82) is 0 Å². The Kier molecular flexibility index (Phi) is 8.87. The number of hydrogen-bond acceptors (Lipinski definition) is 10. The van der Waals surface area contributed by atoms with E-state index in [1.807, 2.05) is 19.1 Å². The van der Waals surface area contributed by atoms with Crippen molar-refractivity contribution in [2.45, 2.75) is 63.2 Å². The SMILES string of the molecule is CC(NC(=O)c1csnn1)C(Oc1ccc(C(=O)O[C@H]2CCCN(C(=O)[C@H]3COC(=O)C3)C2)cc1)c1ccc(C2CC2)cc1. The van der Waals surface area contributed by atoms with E-state index in [2.05, 4.69) is 27.0 Å². The molecule has 12 heteroatoms. The van der Waals surface area contributed by atoms with Crippen LogP contribution in [0.15, 0.2) is 53.9 Å². The van der Waals surface area contributed by atoms with Crippen LogP contribution in [0.3, 0.4) is 0 Å². The molecule has 3 aromatic rings. The van der Waals surface area contributed by atoms with Crippen LogP contribution in [0.1, 0.15) is 83.0 Å². The molecule has 1 saturated carbocycles. The summed E-state index contributed by atoms with van der Waals surface area (Å²) in [6.45, 7) is 2.83. The Morgan fingerprint density at radius 1 is 1.07 bits per heavy atom. The smallest absolute Gasteiger partial charge is 0.338 e. The van der Waals surface area contributed by atoms with Crippen molar-refractivity contribution in [1.82, 2.24) is 19.8 Å². The molecular formula is C32H34N4O7S. The molecule has 44 heavy (non-hydrogen) atoms. The van der Waals surface area contributed by atoms with Crippen molar-refractivity contribution in [2.24, 2.45) is 5.92 Å². The lowest BCUT2D eigenvalue weighted by Gasteiger charge is -2.33. The summed E-state index contributed by atoms with van der Waals surface area (Å²) in [7, 11) is 0. The number of likely N-dealkylation sites (tertiary alicyclic amines) is 1. The predicted octanol–water partition coefficient (Wildman–Crippen LogP) is 4.07. The molecule has 0 radical (unpaired) electrons. The first-order chi connectivity index (χ1) is 21.3. The molecule has 1 N–H and O–H groups in total. The van der Waals surface area contributed by atoms with Gasteiger partial charge in [0.15, 0.2) is 5.69 Å². The number of hydrogen-bond donors (Lipinski definition) is 1. The maximum Gasteiger partial charge on any atom is 0.338 e. The van der Waals surface area contributed by atoms with Crippen LogP contribution in [0.25, 0.3) is 0 Å². The first-order valence-electron chi connectivity index (χ1n) is 14.9. The van der Waals surface area contributed by atoms with E-state index >= 15 is 0 Å². The number of nitrogens with zero attached hydrogens (tertiary/aromatic N) is 3. The molecule has 1 aromatic heterocycles. The second kappa shape index (κ2) is 13.1. The first kappa shape index (κ1) is 29.7. The minimum absolute atomic E-state index is 0.0925. The highest BCUT2D eigenvalue weighted by Gasteiger charge is 2.36. The van der Waals surface area contributed by atoms with Gasteiger partial charge < -0.3 is 24.4 Å². The van der Waals surface area contributed by atoms with E-state index in [0.717, 1.165) is 17.1 Å². The van der Waals surface area contributed by atoms with E-state index in [-0.39, 0.29) is 43.1 Å². The molecule has 2 amide bonds. The molecule has 0 spiro atoms. The number of piperidine rings is 1. The van der Waals surface area contributed by atoms with Gasteiger partial charge >= 0.3 is 11.9 Å². The highest BCUT2D eigenvalue weighted by molar-refractivity contribution is 7.03. The summed E-state index contributed by atoms with van der Waals surface area (Å²) in [5.74, 6) is -0.637. The van der Waals surface area contributed by atoms with Gasteiger partial charge in [-0.15, -0.1) is 5.10 Å². The number of carbonyl (C=O) groups excluding carboxylic acids is 4. The number of carbonyl (C=O) groups is 4. The minimum Gasteiger partial charge on any atom is -0.484 e. The summed E-state index contributed by atoms with van der Waals surface area (Å²) in [6.07, 6.45) is 2.91. The third kappa shape index (κ3) is 7.07. The van der Waals surface area contributed by atoms with Crippen LogP contribution >= 0.6 is 11.5 Å². The number of ether oxygens (including phenoxy) is 3. The number of aromatic nitrogens is 2. The van der Waals surface area contributed by atoms with Crippen LogP contribution < -0.4 is 10.1 Å². The summed E-state index contributed by atoms with van der Waals surface area (Å²) >= 11 is 1.11. The quantitative estimate of drug-likeness (QED) is 0.334. The second-order valence-corrected chi connectivity index (χ2v) is 12.2. The molecule has 6 rings (SSSR count). The summed E-state index contributed by atoms with van der Waals surface area (Å²) in [4.78, 5) is 51.6. The van der Waals surface area contributed by atoms with Crippen LogP contribution in [0, 0.1) is 5.92 Å². The van der Waals surface area contributed by atoms with E-state index in [1.54, 1.807) is 34.5 Å².